The van der Waals surface area contributed by atoms with Crippen LogP contribution in [-0.2, 0) is 4.79 Å². The van der Waals surface area contributed by atoms with Crippen molar-refractivity contribution in [3.05, 3.63) is 41.6 Å². The van der Waals surface area contributed by atoms with Crippen LogP contribution in [0.25, 0.3) is 0 Å². The van der Waals surface area contributed by atoms with E-state index in [1.165, 1.54) is 6.92 Å². The topological polar surface area (TPSA) is 73.2 Å². The third kappa shape index (κ3) is 5.26. The molecule has 0 aliphatic rings. The van der Waals surface area contributed by atoms with Crippen molar-refractivity contribution in [1.82, 2.24) is 4.90 Å². The minimum absolute atomic E-state index is 0.0232. The van der Waals surface area contributed by atoms with Crippen LogP contribution >= 0.6 is 0 Å². The summed E-state index contributed by atoms with van der Waals surface area (Å²) >= 11 is 0. The van der Waals surface area contributed by atoms with Gasteiger partial charge in [0.05, 0.1) is 0 Å². The number of carbonyl (C=O) groups is 2. The number of carbonyl (C=O) groups excluding carboxylic acids is 2. The Morgan fingerprint density at radius 3 is 2.48 bits per heavy atom. The first-order valence-corrected chi connectivity index (χ1v) is 7.50. The average Bonchev–Trinajstić information content (AvgIpc) is 2.47. The molecule has 122 valence electrons. The molecular weight excluding hydrogens is 290 g/mol. The van der Waals surface area contributed by atoms with E-state index >= 15 is 0 Å². The van der Waals surface area contributed by atoms with Crippen LogP contribution in [0.4, 0.5) is 5.69 Å². The van der Waals surface area contributed by atoms with Gasteiger partial charge in [0.15, 0.2) is 5.78 Å². The minimum atomic E-state index is -0.490. The number of benzene rings is 1. The van der Waals surface area contributed by atoms with E-state index in [2.05, 4.69) is 5.32 Å². The summed E-state index contributed by atoms with van der Waals surface area (Å²) in [6.07, 6.45) is 1.57. The fourth-order valence-electron chi connectivity index (χ4n) is 2.07. The molecule has 1 amide bonds. The largest absolute Gasteiger partial charge is 0.372 e. The van der Waals surface area contributed by atoms with E-state index in [-0.39, 0.29) is 16.9 Å². The van der Waals surface area contributed by atoms with Crippen molar-refractivity contribution in [2.45, 2.75) is 40.2 Å². The van der Waals surface area contributed by atoms with Crippen LogP contribution in [0.5, 0.6) is 0 Å². The van der Waals surface area contributed by atoms with E-state index in [1.807, 2.05) is 38.7 Å². The first-order valence-electron chi connectivity index (χ1n) is 7.50. The Hall–Kier alpha value is -2.61. The van der Waals surface area contributed by atoms with Crippen LogP contribution in [0.1, 0.15) is 45.0 Å². The lowest BCUT2D eigenvalue weighted by atomic mass is 10.1. The summed E-state index contributed by atoms with van der Waals surface area (Å²) in [6, 6.07) is 8.58. The van der Waals surface area contributed by atoms with Crippen molar-refractivity contribution in [1.29, 1.82) is 5.26 Å². The van der Waals surface area contributed by atoms with Crippen molar-refractivity contribution in [3.63, 3.8) is 0 Å². The number of nitrogens with one attached hydrogen (secondary N) is 1. The van der Waals surface area contributed by atoms with E-state index < -0.39 is 5.91 Å². The number of amides is 1. The quantitative estimate of drug-likeness (QED) is 0.514. The standard InChI is InChI=1S/C18H23N3O2/c1-6-21(18(3,4)5)12-15(11-19)17(23)20-16-9-7-8-14(10-16)13(2)22/h7-10,12H,6H2,1-5H3,(H,20,23)/b15-12-. The Kier molecular flexibility index (Phi) is 6.09. The summed E-state index contributed by atoms with van der Waals surface area (Å²) in [6.45, 7) is 10.1. The van der Waals surface area contributed by atoms with E-state index in [4.69, 9.17) is 0 Å². The first kappa shape index (κ1) is 18.4. The van der Waals surface area contributed by atoms with E-state index in [9.17, 15) is 14.9 Å². The Bertz CT molecular complexity index is 664. The van der Waals surface area contributed by atoms with Crippen LogP contribution in [-0.4, -0.2) is 28.7 Å². The van der Waals surface area contributed by atoms with Crippen molar-refractivity contribution in [2.75, 3.05) is 11.9 Å². The van der Waals surface area contributed by atoms with Crippen LogP contribution in [0.2, 0.25) is 0 Å². The van der Waals surface area contributed by atoms with Crippen molar-refractivity contribution < 1.29 is 9.59 Å². The van der Waals surface area contributed by atoms with Crippen LogP contribution in [0.15, 0.2) is 36.0 Å². The second-order valence-electron chi connectivity index (χ2n) is 6.20. The summed E-state index contributed by atoms with van der Waals surface area (Å²) in [5.74, 6) is -0.571. The number of ketones is 1. The van der Waals surface area contributed by atoms with Gasteiger partial charge in [0.2, 0.25) is 0 Å². The fraction of sp³-hybridized carbons (Fsp3) is 0.389. The molecule has 0 spiro atoms. The van der Waals surface area contributed by atoms with Gasteiger partial charge < -0.3 is 10.2 Å². The molecule has 1 aromatic carbocycles. The lowest BCUT2D eigenvalue weighted by molar-refractivity contribution is -0.112. The normalized spacial score (nSPS) is 11.6. The van der Waals surface area contributed by atoms with Gasteiger partial charge in [-0.3, -0.25) is 9.59 Å². The van der Waals surface area contributed by atoms with E-state index in [1.54, 1.807) is 30.5 Å². The summed E-state index contributed by atoms with van der Waals surface area (Å²) < 4.78 is 0. The molecule has 1 rings (SSSR count). The summed E-state index contributed by atoms with van der Waals surface area (Å²) in [5, 5.41) is 11.9. The predicted octanol–water partition coefficient (Wildman–Crippen LogP) is 3.36. The highest BCUT2D eigenvalue weighted by Crippen LogP contribution is 2.16. The number of rotatable bonds is 5. The van der Waals surface area contributed by atoms with Gasteiger partial charge in [0.1, 0.15) is 11.6 Å². The SMILES string of the molecule is CCN(/C=C(/C#N)C(=O)Nc1cccc(C(C)=O)c1)C(C)(C)C. The molecule has 1 aromatic rings. The van der Waals surface area contributed by atoms with Gasteiger partial charge in [-0.15, -0.1) is 0 Å². The molecule has 0 bridgehead atoms. The zero-order valence-electron chi connectivity index (χ0n) is 14.3. The summed E-state index contributed by atoms with van der Waals surface area (Å²) in [5.41, 5.74) is 0.832. The number of anilines is 1. The number of hydrogen-bond donors (Lipinski definition) is 1. The van der Waals surface area contributed by atoms with Crippen molar-refractivity contribution >= 4 is 17.4 Å². The van der Waals surface area contributed by atoms with E-state index in [0.29, 0.717) is 17.8 Å². The molecule has 5 nitrogen and oxygen atoms in total. The number of nitrogens with zero attached hydrogens (tertiary/aromatic N) is 2. The molecule has 5 heteroatoms. The maximum atomic E-state index is 12.3. The Morgan fingerprint density at radius 2 is 2.00 bits per heavy atom. The highest BCUT2D eigenvalue weighted by atomic mass is 16.1. The zero-order valence-corrected chi connectivity index (χ0v) is 14.3. The number of nitriles is 1. The van der Waals surface area contributed by atoms with Gasteiger partial charge in [0.25, 0.3) is 5.91 Å². The van der Waals surface area contributed by atoms with Gasteiger partial charge in [-0.25, -0.2) is 0 Å². The lowest BCUT2D eigenvalue weighted by Gasteiger charge is -2.33. The third-order valence-electron chi connectivity index (χ3n) is 3.38. The summed E-state index contributed by atoms with van der Waals surface area (Å²) in [4.78, 5) is 25.6. The summed E-state index contributed by atoms with van der Waals surface area (Å²) in [7, 11) is 0. The molecular formula is C18H23N3O2. The first-order chi connectivity index (χ1) is 10.7. The average molecular weight is 313 g/mol. The van der Waals surface area contributed by atoms with Crippen LogP contribution in [0.3, 0.4) is 0 Å². The Morgan fingerprint density at radius 1 is 1.35 bits per heavy atom. The van der Waals surface area contributed by atoms with Crippen LogP contribution < -0.4 is 5.32 Å². The second kappa shape index (κ2) is 7.59. The molecule has 0 saturated carbocycles. The second-order valence-corrected chi connectivity index (χ2v) is 6.20. The van der Waals surface area contributed by atoms with Gasteiger partial charge in [0, 0.05) is 29.5 Å². The lowest BCUT2D eigenvalue weighted by Crippen LogP contribution is -2.37. The Balaban J connectivity index is 3.00. The van der Waals surface area contributed by atoms with Gasteiger partial charge in [-0.2, -0.15) is 5.26 Å². The number of hydrogen-bond acceptors (Lipinski definition) is 4. The fourth-order valence-corrected chi connectivity index (χ4v) is 2.07. The molecule has 0 aliphatic carbocycles. The third-order valence-corrected chi connectivity index (χ3v) is 3.38. The molecule has 0 heterocycles. The molecule has 0 fully saturated rings. The predicted molar refractivity (Wildman–Crippen MR) is 90.9 cm³/mol. The van der Waals surface area contributed by atoms with E-state index in [0.717, 1.165) is 0 Å². The molecule has 0 atom stereocenters. The highest BCUT2D eigenvalue weighted by molar-refractivity contribution is 6.07. The Labute approximate surface area is 137 Å². The maximum Gasteiger partial charge on any atom is 0.267 e. The molecule has 0 aliphatic heterocycles. The number of Topliss-reactive ketones (excluding diaryl/α,β-unsaturated/α-hetero) is 1. The van der Waals surface area contributed by atoms with Crippen molar-refractivity contribution in [2.24, 2.45) is 0 Å². The van der Waals surface area contributed by atoms with Gasteiger partial charge in [-0.1, -0.05) is 12.1 Å². The molecule has 0 unspecified atom stereocenters. The smallest absolute Gasteiger partial charge is 0.267 e. The zero-order chi connectivity index (χ0) is 17.6. The monoisotopic (exact) mass is 313 g/mol. The van der Waals surface area contributed by atoms with Gasteiger partial charge >= 0.3 is 0 Å². The minimum Gasteiger partial charge on any atom is -0.372 e. The molecule has 0 aromatic heterocycles. The van der Waals surface area contributed by atoms with Crippen molar-refractivity contribution in [3.8, 4) is 6.07 Å². The highest BCUT2D eigenvalue weighted by Gasteiger charge is 2.19. The molecule has 23 heavy (non-hydrogen) atoms. The molecule has 0 radical (unpaired) electrons. The maximum absolute atomic E-state index is 12.3. The molecule has 0 saturated heterocycles. The van der Waals surface area contributed by atoms with Gasteiger partial charge in [-0.05, 0) is 46.8 Å². The van der Waals surface area contributed by atoms with Crippen LogP contribution in [0, 0.1) is 11.3 Å². The molecule has 1 N–H and O–H groups in total.